The second kappa shape index (κ2) is 5.21. The SMILES string of the molecule is CC(C)(C)OC(=O)N1CCCc2cc(CO)ccc21. The van der Waals surface area contributed by atoms with Gasteiger partial charge in [0.15, 0.2) is 0 Å². The van der Waals surface area contributed by atoms with E-state index in [1.807, 2.05) is 39.0 Å². The molecule has 0 saturated carbocycles. The average Bonchev–Trinajstić information content (AvgIpc) is 2.35. The minimum absolute atomic E-state index is 0.0275. The minimum atomic E-state index is -0.486. The Bertz CT molecular complexity index is 477. The summed E-state index contributed by atoms with van der Waals surface area (Å²) in [6.45, 7) is 6.31. The largest absolute Gasteiger partial charge is 0.443 e. The highest BCUT2D eigenvalue weighted by Gasteiger charge is 2.27. The van der Waals surface area contributed by atoms with Gasteiger partial charge < -0.3 is 9.84 Å². The van der Waals surface area contributed by atoms with Crippen molar-refractivity contribution in [2.75, 3.05) is 11.4 Å². The first-order chi connectivity index (χ1) is 8.90. The molecule has 1 aromatic carbocycles. The minimum Gasteiger partial charge on any atom is -0.443 e. The number of anilines is 1. The van der Waals surface area contributed by atoms with Crippen molar-refractivity contribution in [2.24, 2.45) is 0 Å². The van der Waals surface area contributed by atoms with Gasteiger partial charge in [-0.25, -0.2) is 4.79 Å². The molecule has 0 unspecified atom stereocenters. The van der Waals surface area contributed by atoms with Crippen LogP contribution in [0.3, 0.4) is 0 Å². The molecule has 4 nitrogen and oxygen atoms in total. The van der Waals surface area contributed by atoms with Crippen LogP contribution in [-0.2, 0) is 17.8 Å². The number of carbonyl (C=O) groups excluding carboxylic acids is 1. The van der Waals surface area contributed by atoms with Gasteiger partial charge in [0.25, 0.3) is 0 Å². The molecule has 1 heterocycles. The number of carbonyl (C=O) groups is 1. The number of nitrogens with zero attached hydrogens (tertiary/aromatic N) is 1. The number of amides is 1. The standard InChI is InChI=1S/C15H21NO3/c1-15(2,3)19-14(18)16-8-4-5-12-9-11(10-17)6-7-13(12)16/h6-7,9,17H,4-5,8,10H2,1-3H3. The van der Waals surface area contributed by atoms with Crippen LogP contribution in [0.1, 0.15) is 38.3 Å². The Balaban J connectivity index is 2.25. The monoisotopic (exact) mass is 263 g/mol. The van der Waals surface area contributed by atoms with E-state index in [0.29, 0.717) is 6.54 Å². The number of aryl methyl sites for hydroxylation is 1. The van der Waals surface area contributed by atoms with E-state index >= 15 is 0 Å². The number of aliphatic hydroxyl groups excluding tert-OH is 1. The van der Waals surface area contributed by atoms with E-state index in [1.54, 1.807) is 4.90 Å². The van der Waals surface area contributed by atoms with Gasteiger partial charge in [0.1, 0.15) is 5.60 Å². The molecular formula is C15H21NO3. The van der Waals surface area contributed by atoms with Gasteiger partial charge in [-0.3, -0.25) is 4.90 Å². The molecular weight excluding hydrogens is 242 g/mol. The lowest BCUT2D eigenvalue weighted by atomic mass is 10.00. The molecule has 0 saturated heterocycles. The Hall–Kier alpha value is -1.55. The molecule has 4 heteroatoms. The summed E-state index contributed by atoms with van der Waals surface area (Å²) in [4.78, 5) is 13.9. The lowest BCUT2D eigenvalue weighted by molar-refractivity contribution is 0.0578. The highest BCUT2D eigenvalue weighted by atomic mass is 16.6. The number of ether oxygens (including phenoxy) is 1. The summed E-state index contributed by atoms with van der Waals surface area (Å²) in [5.74, 6) is 0. The molecule has 0 aromatic heterocycles. The third-order valence-electron chi connectivity index (χ3n) is 3.06. The first kappa shape index (κ1) is 13.9. The van der Waals surface area contributed by atoms with Crippen molar-refractivity contribution in [1.29, 1.82) is 0 Å². The van der Waals surface area contributed by atoms with E-state index in [4.69, 9.17) is 9.84 Å². The van der Waals surface area contributed by atoms with Crippen LogP contribution in [-0.4, -0.2) is 23.3 Å². The van der Waals surface area contributed by atoms with Gasteiger partial charge in [-0.15, -0.1) is 0 Å². The van der Waals surface area contributed by atoms with Crippen molar-refractivity contribution in [2.45, 2.75) is 45.8 Å². The van der Waals surface area contributed by atoms with Crippen LogP contribution in [0.2, 0.25) is 0 Å². The summed E-state index contributed by atoms with van der Waals surface area (Å²) in [5.41, 5.74) is 2.39. The molecule has 0 atom stereocenters. The van der Waals surface area contributed by atoms with E-state index in [2.05, 4.69) is 0 Å². The summed E-state index contributed by atoms with van der Waals surface area (Å²) in [7, 11) is 0. The zero-order valence-electron chi connectivity index (χ0n) is 11.8. The van der Waals surface area contributed by atoms with E-state index in [1.165, 1.54) is 0 Å². The smallest absolute Gasteiger partial charge is 0.414 e. The first-order valence-corrected chi connectivity index (χ1v) is 6.64. The van der Waals surface area contributed by atoms with Gasteiger partial charge in [-0.2, -0.15) is 0 Å². The Morgan fingerprint density at radius 3 is 2.79 bits per heavy atom. The van der Waals surface area contributed by atoms with Gasteiger partial charge in [-0.1, -0.05) is 12.1 Å². The van der Waals surface area contributed by atoms with Gasteiger partial charge in [0, 0.05) is 6.54 Å². The van der Waals surface area contributed by atoms with E-state index in [-0.39, 0.29) is 12.7 Å². The van der Waals surface area contributed by atoms with Gasteiger partial charge in [-0.05, 0) is 50.8 Å². The zero-order valence-corrected chi connectivity index (χ0v) is 11.8. The van der Waals surface area contributed by atoms with Crippen LogP contribution in [0.5, 0.6) is 0 Å². The van der Waals surface area contributed by atoms with Crippen LogP contribution < -0.4 is 4.90 Å². The first-order valence-electron chi connectivity index (χ1n) is 6.64. The number of fused-ring (bicyclic) bond motifs is 1. The normalized spacial score (nSPS) is 15.1. The molecule has 1 aliphatic heterocycles. The second-order valence-corrected chi connectivity index (χ2v) is 5.86. The number of aliphatic hydroxyl groups is 1. The molecule has 1 aromatic rings. The predicted octanol–water partition coefficient (Wildman–Crippen LogP) is 2.87. The van der Waals surface area contributed by atoms with E-state index < -0.39 is 5.60 Å². The van der Waals surface area contributed by atoms with Gasteiger partial charge in [0.2, 0.25) is 0 Å². The van der Waals surface area contributed by atoms with Gasteiger partial charge in [0.05, 0.1) is 12.3 Å². The van der Waals surface area contributed by atoms with Crippen molar-refractivity contribution >= 4 is 11.8 Å². The van der Waals surface area contributed by atoms with E-state index in [9.17, 15) is 4.79 Å². The van der Waals surface area contributed by atoms with Crippen molar-refractivity contribution in [3.63, 3.8) is 0 Å². The molecule has 19 heavy (non-hydrogen) atoms. The molecule has 0 fully saturated rings. The van der Waals surface area contributed by atoms with Crippen LogP contribution in [0.4, 0.5) is 10.5 Å². The number of rotatable bonds is 1. The molecule has 0 spiro atoms. The molecule has 0 aliphatic carbocycles. The Kier molecular flexibility index (Phi) is 3.80. The zero-order chi connectivity index (χ0) is 14.0. The molecule has 1 aliphatic rings. The summed E-state index contributed by atoms with van der Waals surface area (Å²) in [5, 5.41) is 9.16. The highest BCUT2D eigenvalue weighted by Crippen LogP contribution is 2.29. The quantitative estimate of drug-likeness (QED) is 0.847. The van der Waals surface area contributed by atoms with Crippen LogP contribution in [0, 0.1) is 0 Å². The molecule has 1 N–H and O–H groups in total. The van der Waals surface area contributed by atoms with Crippen molar-refractivity contribution in [3.8, 4) is 0 Å². The lowest BCUT2D eigenvalue weighted by Gasteiger charge is -2.31. The summed E-state index contributed by atoms with van der Waals surface area (Å²) in [6, 6.07) is 5.71. The second-order valence-electron chi connectivity index (χ2n) is 5.86. The number of hydrogen-bond acceptors (Lipinski definition) is 3. The fourth-order valence-electron chi connectivity index (χ4n) is 2.26. The molecule has 104 valence electrons. The van der Waals surface area contributed by atoms with Crippen molar-refractivity contribution in [1.82, 2.24) is 0 Å². The highest BCUT2D eigenvalue weighted by molar-refractivity contribution is 5.89. The average molecular weight is 263 g/mol. The predicted molar refractivity (Wildman–Crippen MR) is 74.3 cm³/mol. The third-order valence-corrected chi connectivity index (χ3v) is 3.06. The maximum absolute atomic E-state index is 12.2. The Labute approximate surface area is 114 Å². The fraction of sp³-hybridized carbons (Fsp3) is 0.533. The third kappa shape index (κ3) is 3.26. The lowest BCUT2D eigenvalue weighted by Crippen LogP contribution is -2.39. The maximum Gasteiger partial charge on any atom is 0.414 e. The molecule has 0 bridgehead atoms. The number of hydrogen-bond donors (Lipinski definition) is 1. The van der Waals surface area contributed by atoms with E-state index in [0.717, 1.165) is 29.7 Å². The Morgan fingerprint density at radius 1 is 1.42 bits per heavy atom. The topological polar surface area (TPSA) is 49.8 Å². The number of benzene rings is 1. The fourth-order valence-corrected chi connectivity index (χ4v) is 2.26. The molecule has 0 radical (unpaired) electrons. The van der Waals surface area contributed by atoms with Crippen molar-refractivity contribution in [3.05, 3.63) is 29.3 Å². The van der Waals surface area contributed by atoms with Gasteiger partial charge >= 0.3 is 6.09 Å². The van der Waals surface area contributed by atoms with Crippen molar-refractivity contribution < 1.29 is 14.6 Å². The van der Waals surface area contributed by atoms with Crippen LogP contribution >= 0.6 is 0 Å². The van der Waals surface area contributed by atoms with Crippen LogP contribution in [0.25, 0.3) is 0 Å². The Morgan fingerprint density at radius 2 is 2.16 bits per heavy atom. The molecule has 2 rings (SSSR count). The molecule has 1 amide bonds. The summed E-state index contributed by atoms with van der Waals surface area (Å²) >= 11 is 0. The van der Waals surface area contributed by atoms with Crippen LogP contribution in [0.15, 0.2) is 18.2 Å². The summed E-state index contributed by atoms with van der Waals surface area (Å²) < 4.78 is 5.43. The maximum atomic E-state index is 12.2. The summed E-state index contributed by atoms with van der Waals surface area (Å²) in [6.07, 6.45) is 1.55.